The molecule has 5 rings (SSSR count). The lowest BCUT2D eigenvalue weighted by atomic mass is 10.1. The van der Waals surface area contributed by atoms with Crippen molar-refractivity contribution < 1.29 is 19.4 Å². The van der Waals surface area contributed by atoms with Crippen molar-refractivity contribution in [1.29, 1.82) is 0 Å². The van der Waals surface area contributed by atoms with Crippen LogP contribution < -0.4 is 5.73 Å². The molecule has 5 N–H and O–H groups in total. The number of phenolic OH excluding ortho intramolecular Hbond substituents is 1. The number of fused-ring (bicyclic) bond motifs is 5. The van der Waals surface area contributed by atoms with E-state index in [4.69, 9.17) is 22.4 Å². The van der Waals surface area contributed by atoms with Gasteiger partial charge in [-0.05, 0) is 53.9 Å². The molecule has 5 nitrogen and oxygen atoms in total. The summed E-state index contributed by atoms with van der Waals surface area (Å²) in [6, 6.07) is 18.3. The molecule has 0 aliphatic carbocycles. The highest BCUT2D eigenvalue weighted by Crippen LogP contribution is 2.33. The minimum Gasteiger partial charge on any atom is -0.508 e. The van der Waals surface area contributed by atoms with Gasteiger partial charge < -0.3 is 20.9 Å². The van der Waals surface area contributed by atoms with Crippen molar-refractivity contribution in [3.05, 3.63) is 83.1 Å². The molecule has 0 unspecified atom stereocenters. The van der Waals surface area contributed by atoms with Crippen LogP contribution in [0, 0.1) is 5.82 Å². The Morgan fingerprint density at radius 3 is 2.43 bits per heavy atom. The average molecular weight is 423 g/mol. The topological polar surface area (TPSA) is 99.3 Å². The van der Waals surface area contributed by atoms with Crippen molar-refractivity contribution >= 4 is 55.8 Å². The van der Waals surface area contributed by atoms with Gasteiger partial charge in [0.15, 0.2) is 0 Å². The number of rotatable bonds is 1. The van der Waals surface area contributed by atoms with Crippen LogP contribution in [-0.2, 0) is 0 Å². The molecule has 0 aliphatic heterocycles. The van der Waals surface area contributed by atoms with Crippen molar-refractivity contribution in [2.45, 2.75) is 0 Å². The number of carbonyl (C=O) groups is 1. The normalized spacial score (nSPS) is 10.9. The molecule has 0 saturated heterocycles. The molecule has 1 aromatic heterocycles. The molecule has 150 valence electrons. The highest BCUT2D eigenvalue weighted by atomic mass is 35.5. The first kappa shape index (κ1) is 19.5. The highest BCUT2D eigenvalue weighted by molar-refractivity contribution is 6.33. The number of benzene rings is 4. The summed E-state index contributed by atoms with van der Waals surface area (Å²) in [7, 11) is 0. The SMILES string of the molecule is Nc1ccc(Cl)c(C(=O)O)c1.Oc1ccc2ccc3c4cc(F)ccc4[nH]c3c2c1. The van der Waals surface area contributed by atoms with Crippen LogP contribution in [-0.4, -0.2) is 21.2 Å². The van der Waals surface area contributed by atoms with Gasteiger partial charge in [-0.2, -0.15) is 0 Å². The molecule has 0 atom stereocenters. The summed E-state index contributed by atoms with van der Waals surface area (Å²) in [6.45, 7) is 0. The lowest BCUT2D eigenvalue weighted by molar-refractivity contribution is 0.0697. The second-order valence-corrected chi connectivity index (χ2v) is 7.16. The maximum Gasteiger partial charge on any atom is 0.337 e. The number of carboxylic acids is 1. The molecule has 30 heavy (non-hydrogen) atoms. The third-order valence-electron chi connectivity index (χ3n) is 4.76. The molecule has 0 amide bonds. The van der Waals surface area contributed by atoms with E-state index < -0.39 is 5.97 Å². The predicted octanol–water partition coefficient (Wildman–Crippen LogP) is 5.94. The number of nitrogen functional groups attached to an aromatic ring is 1. The van der Waals surface area contributed by atoms with Crippen LogP contribution in [0.25, 0.3) is 32.6 Å². The minimum absolute atomic E-state index is 0.0340. The van der Waals surface area contributed by atoms with E-state index in [1.807, 2.05) is 18.2 Å². The Hall–Kier alpha value is -3.77. The second-order valence-electron chi connectivity index (χ2n) is 6.75. The zero-order chi connectivity index (χ0) is 21.4. The number of carboxylic acid groups (broad SMARTS) is 1. The Bertz CT molecular complexity index is 1430. The quantitative estimate of drug-likeness (QED) is 0.251. The number of halogens is 2. The van der Waals surface area contributed by atoms with E-state index in [9.17, 15) is 14.3 Å². The maximum absolute atomic E-state index is 13.4. The van der Waals surface area contributed by atoms with Crippen LogP contribution in [0.5, 0.6) is 5.75 Å². The number of hydrogen-bond acceptors (Lipinski definition) is 3. The van der Waals surface area contributed by atoms with Crippen LogP contribution in [0.1, 0.15) is 10.4 Å². The maximum atomic E-state index is 13.4. The summed E-state index contributed by atoms with van der Waals surface area (Å²) < 4.78 is 13.4. The van der Waals surface area contributed by atoms with Crippen LogP contribution in [0.3, 0.4) is 0 Å². The molecule has 1 heterocycles. The summed E-state index contributed by atoms with van der Waals surface area (Å²) >= 11 is 5.55. The van der Waals surface area contributed by atoms with Gasteiger partial charge in [0, 0.05) is 27.4 Å². The zero-order valence-corrected chi connectivity index (χ0v) is 16.2. The molecule has 0 radical (unpaired) electrons. The van der Waals surface area contributed by atoms with Crippen LogP contribution in [0.4, 0.5) is 10.1 Å². The summed E-state index contributed by atoms with van der Waals surface area (Å²) in [5.41, 5.74) is 7.59. The zero-order valence-electron chi connectivity index (χ0n) is 15.5. The Morgan fingerprint density at radius 1 is 0.933 bits per heavy atom. The van der Waals surface area contributed by atoms with Gasteiger partial charge in [-0.15, -0.1) is 0 Å². The van der Waals surface area contributed by atoms with E-state index in [-0.39, 0.29) is 22.2 Å². The van der Waals surface area contributed by atoms with Gasteiger partial charge in [0.25, 0.3) is 0 Å². The van der Waals surface area contributed by atoms with Gasteiger partial charge in [0.2, 0.25) is 0 Å². The molecule has 5 aromatic rings. The first-order valence-electron chi connectivity index (χ1n) is 8.94. The van der Waals surface area contributed by atoms with E-state index in [1.165, 1.54) is 24.3 Å². The number of anilines is 1. The number of phenols is 1. The van der Waals surface area contributed by atoms with Crippen molar-refractivity contribution in [2.75, 3.05) is 5.73 Å². The van der Waals surface area contributed by atoms with Crippen LogP contribution in [0.2, 0.25) is 5.02 Å². The fourth-order valence-electron chi connectivity index (χ4n) is 3.36. The van der Waals surface area contributed by atoms with Crippen LogP contribution >= 0.6 is 11.6 Å². The van der Waals surface area contributed by atoms with Gasteiger partial charge in [-0.3, -0.25) is 0 Å². The number of H-pyrrole nitrogens is 1. The summed E-state index contributed by atoms with van der Waals surface area (Å²) in [6.07, 6.45) is 0. The van der Waals surface area contributed by atoms with E-state index in [0.29, 0.717) is 5.69 Å². The largest absolute Gasteiger partial charge is 0.508 e. The van der Waals surface area contributed by atoms with Gasteiger partial charge in [-0.1, -0.05) is 29.8 Å². The van der Waals surface area contributed by atoms with E-state index >= 15 is 0 Å². The molecular weight excluding hydrogens is 407 g/mol. The summed E-state index contributed by atoms with van der Waals surface area (Å²) in [4.78, 5) is 13.7. The number of nitrogens with one attached hydrogen (secondary N) is 1. The molecule has 0 spiro atoms. The highest BCUT2D eigenvalue weighted by Gasteiger charge is 2.09. The van der Waals surface area contributed by atoms with Gasteiger partial charge in [0.05, 0.1) is 16.1 Å². The average Bonchev–Trinajstić information content (AvgIpc) is 3.08. The molecule has 0 aliphatic rings. The number of hydrogen-bond donors (Lipinski definition) is 4. The Balaban J connectivity index is 0.000000170. The minimum atomic E-state index is -1.07. The third-order valence-corrected chi connectivity index (χ3v) is 5.09. The molecule has 7 heteroatoms. The number of aromatic nitrogens is 1. The first-order chi connectivity index (χ1) is 14.3. The molecular formula is C23H16ClFN2O3. The van der Waals surface area contributed by atoms with Crippen LogP contribution in [0.15, 0.2) is 66.7 Å². The third kappa shape index (κ3) is 3.60. The van der Waals surface area contributed by atoms with Gasteiger partial charge >= 0.3 is 5.97 Å². The van der Waals surface area contributed by atoms with E-state index in [1.54, 1.807) is 24.3 Å². The Labute approximate surface area is 175 Å². The lowest BCUT2D eigenvalue weighted by Gasteiger charge is -2.00. The fourth-order valence-corrected chi connectivity index (χ4v) is 3.55. The number of aromatic hydroxyl groups is 1. The standard InChI is InChI=1S/C16H10FNO.C7H6ClNO2/c17-10-3-6-15-14(7-10)12-5-2-9-1-4-11(19)8-13(9)16(12)18-15;8-6-2-1-4(9)3-5(6)7(10)11/h1-8,18-19H;1-3H,9H2,(H,10,11). The van der Waals surface area contributed by atoms with E-state index in [2.05, 4.69) is 4.98 Å². The number of aromatic carboxylic acids is 1. The van der Waals surface area contributed by atoms with Crippen molar-refractivity contribution in [1.82, 2.24) is 4.98 Å². The summed E-state index contributed by atoms with van der Waals surface area (Å²) in [5, 5.41) is 22.2. The van der Waals surface area contributed by atoms with Crippen molar-refractivity contribution in [2.24, 2.45) is 0 Å². The Morgan fingerprint density at radius 2 is 1.70 bits per heavy atom. The lowest BCUT2D eigenvalue weighted by Crippen LogP contribution is -1.98. The molecule has 0 bridgehead atoms. The summed E-state index contributed by atoms with van der Waals surface area (Å²) in [5.74, 6) is -1.09. The van der Waals surface area contributed by atoms with E-state index in [0.717, 1.165) is 32.6 Å². The van der Waals surface area contributed by atoms with Crippen molar-refractivity contribution in [3.63, 3.8) is 0 Å². The molecule has 0 fully saturated rings. The van der Waals surface area contributed by atoms with Gasteiger partial charge in [0.1, 0.15) is 11.6 Å². The molecule has 0 saturated carbocycles. The fraction of sp³-hybridized carbons (Fsp3) is 0. The predicted molar refractivity (Wildman–Crippen MR) is 118 cm³/mol. The Kier molecular flexibility index (Phi) is 4.93. The smallest absolute Gasteiger partial charge is 0.337 e. The van der Waals surface area contributed by atoms with Crippen molar-refractivity contribution in [3.8, 4) is 5.75 Å². The second kappa shape index (κ2) is 7.57. The monoisotopic (exact) mass is 422 g/mol. The first-order valence-corrected chi connectivity index (χ1v) is 9.32. The number of nitrogens with two attached hydrogens (primary N) is 1. The van der Waals surface area contributed by atoms with Gasteiger partial charge in [-0.25, -0.2) is 9.18 Å². The number of aromatic amines is 1. The molecule has 4 aromatic carbocycles.